The van der Waals surface area contributed by atoms with E-state index in [1.807, 2.05) is 20.0 Å². The molecular formula is C12H20N4O2S. The van der Waals surface area contributed by atoms with Crippen LogP contribution in [0.25, 0.3) is 0 Å². The van der Waals surface area contributed by atoms with Gasteiger partial charge < -0.3 is 4.90 Å². The number of anilines is 1. The second kappa shape index (κ2) is 5.42. The van der Waals surface area contributed by atoms with Crippen molar-refractivity contribution in [1.82, 2.24) is 14.3 Å². The summed E-state index contributed by atoms with van der Waals surface area (Å²) < 4.78 is 24.5. The topological polar surface area (TPSA) is 66.4 Å². The standard InChI is InChI=1S/C12H20N4O2S/c1-10-8-12(14-9-13-10)15(2)11-4-6-16(7-5-11)19(3,17)18/h8-9,11H,4-7H2,1-3H3. The van der Waals surface area contributed by atoms with Crippen molar-refractivity contribution in [3.8, 4) is 0 Å². The molecule has 1 aliphatic rings. The van der Waals surface area contributed by atoms with Gasteiger partial charge in [-0.25, -0.2) is 22.7 Å². The summed E-state index contributed by atoms with van der Waals surface area (Å²) in [6.07, 6.45) is 4.48. The maximum atomic E-state index is 11.5. The van der Waals surface area contributed by atoms with Crippen LogP contribution in [0.5, 0.6) is 0 Å². The van der Waals surface area contributed by atoms with Gasteiger partial charge in [0.1, 0.15) is 12.1 Å². The molecule has 0 amide bonds. The van der Waals surface area contributed by atoms with Crippen LogP contribution in [0.3, 0.4) is 0 Å². The number of rotatable bonds is 3. The van der Waals surface area contributed by atoms with E-state index in [-0.39, 0.29) is 0 Å². The Morgan fingerprint density at radius 2 is 1.95 bits per heavy atom. The maximum Gasteiger partial charge on any atom is 0.211 e. The Hall–Kier alpha value is -1.21. The van der Waals surface area contributed by atoms with Crippen LogP contribution in [0.15, 0.2) is 12.4 Å². The predicted molar refractivity (Wildman–Crippen MR) is 74.6 cm³/mol. The summed E-state index contributed by atoms with van der Waals surface area (Å²) in [5.41, 5.74) is 0.936. The lowest BCUT2D eigenvalue weighted by atomic mass is 10.1. The lowest BCUT2D eigenvalue weighted by molar-refractivity contribution is 0.316. The molecule has 0 aromatic carbocycles. The molecule has 0 N–H and O–H groups in total. The van der Waals surface area contributed by atoms with Crippen molar-refractivity contribution in [2.45, 2.75) is 25.8 Å². The van der Waals surface area contributed by atoms with Gasteiger partial charge in [0, 0.05) is 37.9 Å². The molecule has 1 fully saturated rings. The highest BCUT2D eigenvalue weighted by molar-refractivity contribution is 7.88. The van der Waals surface area contributed by atoms with Gasteiger partial charge in [-0.3, -0.25) is 0 Å². The second-order valence-corrected chi connectivity index (χ2v) is 7.00. The second-order valence-electron chi connectivity index (χ2n) is 5.02. The Morgan fingerprint density at radius 1 is 1.32 bits per heavy atom. The molecule has 0 saturated carbocycles. The molecule has 2 rings (SSSR count). The number of aryl methyl sites for hydroxylation is 1. The fourth-order valence-corrected chi connectivity index (χ4v) is 3.26. The fraction of sp³-hybridized carbons (Fsp3) is 0.667. The summed E-state index contributed by atoms with van der Waals surface area (Å²) in [6, 6.07) is 2.27. The lowest BCUT2D eigenvalue weighted by Crippen LogP contribution is -2.45. The number of sulfonamides is 1. The molecule has 2 heterocycles. The highest BCUT2D eigenvalue weighted by Crippen LogP contribution is 2.21. The molecule has 19 heavy (non-hydrogen) atoms. The molecule has 0 atom stereocenters. The third-order valence-corrected chi connectivity index (χ3v) is 4.89. The zero-order valence-electron chi connectivity index (χ0n) is 11.6. The molecule has 106 valence electrons. The molecular weight excluding hydrogens is 264 g/mol. The largest absolute Gasteiger partial charge is 0.356 e. The summed E-state index contributed by atoms with van der Waals surface area (Å²) in [6.45, 7) is 3.10. The van der Waals surface area contributed by atoms with Gasteiger partial charge in [-0.1, -0.05) is 0 Å². The van der Waals surface area contributed by atoms with Crippen LogP contribution in [-0.4, -0.2) is 55.1 Å². The van der Waals surface area contributed by atoms with Crippen LogP contribution < -0.4 is 4.90 Å². The van der Waals surface area contributed by atoms with E-state index in [4.69, 9.17) is 0 Å². The van der Waals surface area contributed by atoms with Crippen molar-refractivity contribution >= 4 is 15.8 Å². The molecule has 0 radical (unpaired) electrons. The first-order valence-corrected chi connectivity index (χ1v) is 8.19. The van der Waals surface area contributed by atoms with E-state index in [1.54, 1.807) is 10.6 Å². The predicted octanol–water partition coefficient (Wildman–Crippen LogP) is 0.645. The minimum atomic E-state index is -3.06. The Balaban J connectivity index is 2.02. The van der Waals surface area contributed by atoms with Crippen molar-refractivity contribution in [1.29, 1.82) is 0 Å². The number of piperidine rings is 1. The third kappa shape index (κ3) is 3.42. The Kier molecular flexibility index (Phi) is 4.05. The van der Waals surface area contributed by atoms with Crippen molar-refractivity contribution in [2.24, 2.45) is 0 Å². The summed E-state index contributed by atoms with van der Waals surface area (Å²) in [7, 11) is -1.05. The van der Waals surface area contributed by atoms with Crippen LogP contribution in [0.1, 0.15) is 18.5 Å². The van der Waals surface area contributed by atoms with Gasteiger partial charge in [-0.2, -0.15) is 0 Å². The third-order valence-electron chi connectivity index (χ3n) is 3.59. The summed E-state index contributed by atoms with van der Waals surface area (Å²) in [5.74, 6) is 0.894. The highest BCUT2D eigenvalue weighted by atomic mass is 32.2. The van der Waals surface area contributed by atoms with Gasteiger partial charge in [-0.15, -0.1) is 0 Å². The molecule has 7 heteroatoms. The van der Waals surface area contributed by atoms with Gasteiger partial charge in [0.2, 0.25) is 10.0 Å². The first kappa shape index (κ1) is 14.2. The maximum absolute atomic E-state index is 11.5. The molecule has 0 bridgehead atoms. The summed E-state index contributed by atoms with van der Waals surface area (Å²) in [4.78, 5) is 10.5. The molecule has 0 spiro atoms. The average Bonchev–Trinajstić information content (AvgIpc) is 2.37. The molecule has 6 nitrogen and oxygen atoms in total. The van der Waals surface area contributed by atoms with E-state index in [2.05, 4.69) is 14.9 Å². The number of hydrogen-bond acceptors (Lipinski definition) is 5. The fourth-order valence-electron chi connectivity index (χ4n) is 2.38. The Bertz CT molecular complexity index is 538. The van der Waals surface area contributed by atoms with E-state index < -0.39 is 10.0 Å². The minimum Gasteiger partial charge on any atom is -0.356 e. The molecule has 1 saturated heterocycles. The lowest BCUT2D eigenvalue weighted by Gasteiger charge is -2.36. The zero-order valence-corrected chi connectivity index (χ0v) is 12.4. The summed E-state index contributed by atoms with van der Waals surface area (Å²) >= 11 is 0. The number of nitrogens with zero attached hydrogens (tertiary/aromatic N) is 4. The molecule has 0 aliphatic carbocycles. The zero-order chi connectivity index (χ0) is 14.0. The average molecular weight is 284 g/mol. The quantitative estimate of drug-likeness (QED) is 0.815. The molecule has 0 unspecified atom stereocenters. The van der Waals surface area contributed by atoms with E-state index in [9.17, 15) is 8.42 Å². The number of aromatic nitrogens is 2. The van der Waals surface area contributed by atoms with Crippen LogP contribution in [0.4, 0.5) is 5.82 Å². The molecule has 1 aliphatic heterocycles. The van der Waals surface area contributed by atoms with E-state index in [0.717, 1.165) is 24.4 Å². The molecule has 1 aromatic rings. The van der Waals surface area contributed by atoms with Crippen molar-refractivity contribution in [3.63, 3.8) is 0 Å². The number of hydrogen-bond donors (Lipinski definition) is 0. The monoisotopic (exact) mass is 284 g/mol. The highest BCUT2D eigenvalue weighted by Gasteiger charge is 2.27. The first-order valence-electron chi connectivity index (χ1n) is 6.34. The van der Waals surface area contributed by atoms with Crippen LogP contribution in [0, 0.1) is 6.92 Å². The Morgan fingerprint density at radius 3 is 2.47 bits per heavy atom. The SMILES string of the molecule is Cc1cc(N(C)C2CCN(S(C)(=O)=O)CC2)ncn1. The molecule has 1 aromatic heterocycles. The van der Waals surface area contributed by atoms with Crippen LogP contribution in [-0.2, 0) is 10.0 Å². The van der Waals surface area contributed by atoms with Gasteiger partial charge in [0.25, 0.3) is 0 Å². The van der Waals surface area contributed by atoms with Crippen molar-refractivity contribution in [3.05, 3.63) is 18.1 Å². The van der Waals surface area contributed by atoms with E-state index >= 15 is 0 Å². The van der Waals surface area contributed by atoms with Gasteiger partial charge in [0.15, 0.2) is 0 Å². The van der Waals surface area contributed by atoms with E-state index in [0.29, 0.717) is 19.1 Å². The van der Waals surface area contributed by atoms with Crippen LogP contribution >= 0.6 is 0 Å². The van der Waals surface area contributed by atoms with Crippen molar-refractivity contribution in [2.75, 3.05) is 31.3 Å². The van der Waals surface area contributed by atoms with Gasteiger partial charge in [-0.05, 0) is 19.8 Å². The normalized spacial score (nSPS) is 18.5. The smallest absolute Gasteiger partial charge is 0.211 e. The van der Waals surface area contributed by atoms with Gasteiger partial charge in [0.05, 0.1) is 6.26 Å². The van der Waals surface area contributed by atoms with Gasteiger partial charge >= 0.3 is 0 Å². The Labute approximate surface area is 114 Å². The van der Waals surface area contributed by atoms with Crippen LogP contribution in [0.2, 0.25) is 0 Å². The summed E-state index contributed by atoms with van der Waals surface area (Å²) in [5, 5.41) is 0. The van der Waals surface area contributed by atoms with Crippen molar-refractivity contribution < 1.29 is 8.42 Å². The van der Waals surface area contributed by atoms with E-state index in [1.165, 1.54) is 6.26 Å². The first-order chi connectivity index (χ1) is 8.88. The minimum absolute atomic E-state index is 0.326.